The molecule has 1 heterocycles. The Labute approximate surface area is 162 Å². The van der Waals surface area contributed by atoms with Crippen LogP contribution in [0.2, 0.25) is 0 Å². The zero-order valence-corrected chi connectivity index (χ0v) is 15.2. The van der Waals surface area contributed by atoms with Gasteiger partial charge >= 0.3 is 0 Å². The van der Waals surface area contributed by atoms with Crippen molar-refractivity contribution in [2.75, 3.05) is 30.5 Å². The molecule has 8 nitrogen and oxygen atoms in total. The summed E-state index contributed by atoms with van der Waals surface area (Å²) >= 11 is 0. The van der Waals surface area contributed by atoms with E-state index in [1.807, 2.05) is 18.2 Å². The van der Waals surface area contributed by atoms with E-state index in [2.05, 4.69) is 16.0 Å². The summed E-state index contributed by atoms with van der Waals surface area (Å²) in [6, 6.07) is 13.3. The number of rotatable bonds is 7. The number of amides is 2. The Bertz CT molecular complexity index is 824. The number of carbonyl (C=O) groups is 2. The maximum atomic E-state index is 12.5. The Morgan fingerprint density at radius 3 is 2.61 bits per heavy atom. The third-order valence-corrected chi connectivity index (χ3v) is 4.31. The minimum Gasteiger partial charge on any atom is -0.489 e. The Kier molecular flexibility index (Phi) is 6.46. The van der Waals surface area contributed by atoms with E-state index >= 15 is 0 Å². The van der Waals surface area contributed by atoms with Gasteiger partial charge in [-0.15, -0.1) is 0 Å². The average molecular weight is 385 g/mol. The lowest BCUT2D eigenvalue weighted by atomic mass is 10.1. The van der Waals surface area contributed by atoms with Crippen molar-refractivity contribution in [3.63, 3.8) is 0 Å². The topological polar surface area (TPSA) is 120 Å². The molecule has 2 amide bonds. The molecule has 0 aromatic heterocycles. The highest BCUT2D eigenvalue weighted by Gasteiger charge is 2.23. The van der Waals surface area contributed by atoms with Gasteiger partial charge in [-0.3, -0.25) is 9.59 Å². The number of hydrogen-bond acceptors (Lipinski definition) is 6. The number of carbonyl (C=O) groups excluding carboxylic acids is 2. The van der Waals surface area contributed by atoms with Crippen molar-refractivity contribution in [2.45, 2.75) is 18.5 Å². The van der Waals surface area contributed by atoms with Gasteiger partial charge in [-0.1, -0.05) is 18.2 Å². The number of anilines is 2. The van der Waals surface area contributed by atoms with Crippen LogP contribution in [0.15, 0.2) is 48.5 Å². The number of hydrogen-bond donors (Lipinski definition) is 5. The lowest BCUT2D eigenvalue weighted by Gasteiger charge is -2.28. The van der Waals surface area contributed by atoms with E-state index in [1.165, 1.54) is 0 Å². The van der Waals surface area contributed by atoms with E-state index in [0.29, 0.717) is 29.3 Å². The number of ether oxygens (including phenoxy) is 1. The molecule has 148 valence electrons. The number of fused-ring (bicyclic) bond motifs is 1. The molecule has 1 atom stereocenters. The summed E-state index contributed by atoms with van der Waals surface area (Å²) in [6.07, 6.45) is 0.108. The second-order valence-electron chi connectivity index (χ2n) is 6.52. The predicted molar refractivity (Wildman–Crippen MR) is 104 cm³/mol. The first-order valence-electron chi connectivity index (χ1n) is 9.00. The number of benzene rings is 2. The van der Waals surface area contributed by atoms with Gasteiger partial charge in [0.2, 0.25) is 5.91 Å². The van der Waals surface area contributed by atoms with Crippen LogP contribution >= 0.6 is 0 Å². The molecule has 8 heteroatoms. The van der Waals surface area contributed by atoms with Crippen LogP contribution in [-0.4, -0.2) is 53.9 Å². The molecular formula is C20H23N3O5. The van der Waals surface area contributed by atoms with Gasteiger partial charge in [0.25, 0.3) is 5.91 Å². The van der Waals surface area contributed by atoms with Gasteiger partial charge in [-0.25, -0.2) is 0 Å². The molecule has 28 heavy (non-hydrogen) atoms. The zero-order chi connectivity index (χ0) is 19.9. The van der Waals surface area contributed by atoms with Gasteiger partial charge < -0.3 is 30.9 Å². The third kappa shape index (κ3) is 4.99. The molecule has 2 aromatic carbocycles. The van der Waals surface area contributed by atoms with Crippen LogP contribution in [0, 0.1) is 0 Å². The smallest absolute Gasteiger partial charge is 0.255 e. The highest BCUT2D eigenvalue weighted by molar-refractivity contribution is 6.05. The summed E-state index contributed by atoms with van der Waals surface area (Å²) in [5, 5.41) is 26.7. The van der Waals surface area contributed by atoms with Crippen LogP contribution < -0.4 is 20.7 Å². The minimum atomic E-state index is -0.683. The van der Waals surface area contributed by atoms with Crippen molar-refractivity contribution in [2.24, 2.45) is 0 Å². The summed E-state index contributed by atoms with van der Waals surface area (Å²) < 4.78 is 5.67. The molecular weight excluding hydrogens is 362 g/mol. The van der Waals surface area contributed by atoms with E-state index < -0.39 is 6.04 Å². The SMILES string of the molecule is O=C(CC1COc2ccc(C(=O)Nc3ccccc3)cc2N1)NC(CO)CO. The van der Waals surface area contributed by atoms with Crippen LogP contribution in [0.25, 0.3) is 0 Å². The second-order valence-corrected chi connectivity index (χ2v) is 6.52. The maximum absolute atomic E-state index is 12.5. The number of para-hydroxylation sites is 1. The second kappa shape index (κ2) is 9.20. The lowest BCUT2D eigenvalue weighted by Crippen LogP contribution is -2.43. The Hall–Kier alpha value is -3.10. The molecule has 0 spiro atoms. The van der Waals surface area contributed by atoms with Crippen molar-refractivity contribution in [1.29, 1.82) is 0 Å². The summed E-state index contributed by atoms with van der Waals surface area (Å²) in [4.78, 5) is 24.5. The van der Waals surface area contributed by atoms with Crippen LogP contribution in [0.1, 0.15) is 16.8 Å². The zero-order valence-electron chi connectivity index (χ0n) is 15.2. The number of aliphatic hydroxyl groups excluding tert-OH is 2. The first-order valence-corrected chi connectivity index (χ1v) is 9.00. The van der Waals surface area contributed by atoms with Crippen molar-refractivity contribution >= 4 is 23.2 Å². The first-order chi connectivity index (χ1) is 13.6. The molecule has 3 rings (SSSR count). The Morgan fingerprint density at radius 1 is 1.14 bits per heavy atom. The van der Waals surface area contributed by atoms with Crippen molar-refractivity contribution in [3.05, 3.63) is 54.1 Å². The molecule has 1 aliphatic rings. The average Bonchev–Trinajstić information content (AvgIpc) is 2.72. The fourth-order valence-electron chi connectivity index (χ4n) is 2.86. The standard InChI is InChI=1S/C20H23N3O5/c24-10-16(11-25)22-19(26)9-15-12-28-18-7-6-13(8-17(18)21-15)20(27)23-14-4-2-1-3-5-14/h1-8,15-16,21,24-25H,9-12H2,(H,22,26)(H,23,27). The van der Waals surface area contributed by atoms with E-state index in [9.17, 15) is 9.59 Å². The molecule has 0 saturated heterocycles. The largest absolute Gasteiger partial charge is 0.489 e. The van der Waals surface area contributed by atoms with Crippen LogP contribution in [0.5, 0.6) is 5.75 Å². The molecule has 1 aliphatic heterocycles. The predicted octanol–water partition coefficient (Wildman–Crippen LogP) is 0.971. The Morgan fingerprint density at radius 2 is 1.89 bits per heavy atom. The van der Waals surface area contributed by atoms with E-state index in [-0.39, 0.29) is 37.5 Å². The van der Waals surface area contributed by atoms with Gasteiger partial charge in [0.05, 0.1) is 37.4 Å². The summed E-state index contributed by atoms with van der Waals surface area (Å²) in [6.45, 7) is -0.377. The van der Waals surface area contributed by atoms with Crippen LogP contribution in [0.4, 0.5) is 11.4 Å². The van der Waals surface area contributed by atoms with Gasteiger partial charge in [0.1, 0.15) is 12.4 Å². The lowest BCUT2D eigenvalue weighted by molar-refractivity contribution is -0.122. The van der Waals surface area contributed by atoms with Gasteiger partial charge in [-0.05, 0) is 30.3 Å². The highest BCUT2D eigenvalue weighted by atomic mass is 16.5. The summed E-state index contributed by atoms with van der Waals surface area (Å²) in [7, 11) is 0. The molecule has 0 saturated carbocycles. The van der Waals surface area contributed by atoms with Crippen molar-refractivity contribution in [1.82, 2.24) is 5.32 Å². The molecule has 2 aromatic rings. The molecule has 0 radical (unpaired) electrons. The summed E-state index contributed by atoms with van der Waals surface area (Å²) in [5.74, 6) is 0.0523. The quantitative estimate of drug-likeness (QED) is 0.485. The number of aliphatic hydroxyl groups is 2. The molecule has 0 fully saturated rings. The third-order valence-electron chi connectivity index (χ3n) is 4.31. The van der Waals surface area contributed by atoms with Crippen molar-refractivity contribution < 1.29 is 24.5 Å². The number of nitrogens with one attached hydrogen (secondary N) is 3. The Balaban J connectivity index is 1.63. The summed E-state index contributed by atoms with van der Waals surface area (Å²) in [5.41, 5.74) is 1.79. The van der Waals surface area contributed by atoms with E-state index in [1.54, 1.807) is 30.3 Å². The van der Waals surface area contributed by atoms with Gasteiger partial charge in [0, 0.05) is 11.3 Å². The fourth-order valence-corrected chi connectivity index (χ4v) is 2.86. The maximum Gasteiger partial charge on any atom is 0.255 e. The monoisotopic (exact) mass is 385 g/mol. The van der Waals surface area contributed by atoms with Gasteiger partial charge in [0.15, 0.2) is 0 Å². The van der Waals surface area contributed by atoms with Crippen molar-refractivity contribution in [3.8, 4) is 5.75 Å². The molecule has 5 N–H and O–H groups in total. The van der Waals surface area contributed by atoms with Gasteiger partial charge in [-0.2, -0.15) is 0 Å². The normalized spacial score (nSPS) is 15.2. The van der Waals surface area contributed by atoms with Crippen LogP contribution in [-0.2, 0) is 4.79 Å². The van der Waals surface area contributed by atoms with E-state index in [0.717, 1.165) is 0 Å². The minimum absolute atomic E-state index is 0.108. The molecule has 1 unspecified atom stereocenters. The van der Waals surface area contributed by atoms with E-state index in [4.69, 9.17) is 14.9 Å². The molecule has 0 bridgehead atoms. The van der Waals surface area contributed by atoms with Crippen LogP contribution in [0.3, 0.4) is 0 Å². The first kappa shape index (κ1) is 19.7. The fraction of sp³-hybridized carbons (Fsp3) is 0.300. The highest BCUT2D eigenvalue weighted by Crippen LogP contribution is 2.30. The molecule has 0 aliphatic carbocycles.